The minimum Gasteiger partial charge on any atom is -0.474 e. The fourth-order valence-electron chi connectivity index (χ4n) is 14.9. The summed E-state index contributed by atoms with van der Waals surface area (Å²) in [6.45, 7) is 13.3. The van der Waals surface area contributed by atoms with Crippen LogP contribution in [0.1, 0.15) is 97.6 Å². The first-order chi connectivity index (χ1) is 47.2. The van der Waals surface area contributed by atoms with Crippen molar-refractivity contribution in [2.24, 2.45) is 0 Å². The van der Waals surface area contributed by atoms with Gasteiger partial charge in [0.05, 0.1) is 79.7 Å². The van der Waals surface area contributed by atoms with Crippen molar-refractivity contribution in [3.63, 3.8) is 0 Å². The third kappa shape index (κ3) is 17.6. The van der Waals surface area contributed by atoms with E-state index < -0.39 is 9.84 Å². The number of morpholine rings is 4. The summed E-state index contributed by atoms with van der Waals surface area (Å²) in [5.74, 6) is 2.11. The van der Waals surface area contributed by atoms with Gasteiger partial charge in [-0.05, 0) is 80.0 Å². The Labute approximate surface area is 579 Å². The van der Waals surface area contributed by atoms with Crippen molar-refractivity contribution < 1.29 is 51.5 Å². The van der Waals surface area contributed by atoms with Gasteiger partial charge in [-0.3, -0.25) is 24.4 Å². The van der Waals surface area contributed by atoms with Crippen molar-refractivity contribution >= 4 is 38.8 Å². The predicted molar refractivity (Wildman–Crippen MR) is 369 cm³/mol. The quantitative estimate of drug-likeness (QED) is 0.0895. The average molecular weight is 1380 g/mol. The second kappa shape index (κ2) is 32.2. The summed E-state index contributed by atoms with van der Waals surface area (Å²) in [7, 11) is -3.34. The normalized spacial score (nSPS) is 27.1. The summed E-state index contributed by atoms with van der Waals surface area (Å²) in [6, 6.07) is 49.3. The molecular weight excluding hydrogens is 1290 g/mol. The molecule has 7 unspecified atom stereocenters. The number of halogens is 2. The van der Waals surface area contributed by atoms with E-state index in [0.29, 0.717) is 116 Å². The van der Waals surface area contributed by atoms with Gasteiger partial charge in [0.25, 0.3) is 0 Å². The molecule has 97 heavy (non-hydrogen) atoms. The van der Waals surface area contributed by atoms with Gasteiger partial charge in [-0.2, -0.15) is 0 Å². The molecule has 1 aliphatic carbocycles. The smallest absolute Gasteiger partial charge is 0.229 e. The Morgan fingerprint density at radius 1 is 0.474 bits per heavy atom. The van der Waals surface area contributed by atoms with Crippen LogP contribution in [0.5, 0.6) is 23.4 Å². The number of rotatable bonds is 16. The summed E-state index contributed by atoms with van der Waals surface area (Å²) >= 11 is 12.5. The number of nitrogens with zero attached hydrogens (tertiary/aromatic N) is 8. The van der Waals surface area contributed by atoms with Gasteiger partial charge in [-0.1, -0.05) is 145 Å². The van der Waals surface area contributed by atoms with E-state index in [1.807, 2.05) is 32.0 Å². The Hall–Kier alpha value is -6.50. The number of hydrogen-bond donors (Lipinski definition) is 1. The van der Waals surface area contributed by atoms with E-state index in [1.165, 1.54) is 47.0 Å². The van der Waals surface area contributed by atoms with E-state index in [9.17, 15) is 18.3 Å². The number of carbonyl (C=O) groups excluding carboxylic acids is 1. The van der Waals surface area contributed by atoms with Crippen LogP contribution in [0.3, 0.4) is 0 Å². The van der Waals surface area contributed by atoms with Crippen molar-refractivity contribution in [3.8, 4) is 23.4 Å². The average Bonchev–Trinajstić information content (AvgIpc) is 1.80. The predicted octanol–water partition coefficient (Wildman–Crippen LogP) is 11.3. The van der Waals surface area contributed by atoms with Crippen LogP contribution in [0.2, 0.25) is 10.2 Å². The number of aliphatic hydroxyl groups excluding tert-OH is 1. The lowest BCUT2D eigenvalue weighted by Crippen LogP contribution is -2.58. The number of aliphatic hydroxyl groups is 1. The van der Waals surface area contributed by atoms with Gasteiger partial charge < -0.3 is 38.3 Å². The molecular formula is C75H88Cl2N8O11S. The van der Waals surface area contributed by atoms with Crippen molar-refractivity contribution in [1.82, 2.24) is 39.5 Å². The number of ketones is 1. The third-order valence-corrected chi connectivity index (χ3v) is 23.1. The zero-order valence-electron chi connectivity index (χ0n) is 55.2. The molecule has 16 rings (SSSR count). The van der Waals surface area contributed by atoms with Crippen molar-refractivity contribution in [2.75, 3.05) is 52.9 Å². The van der Waals surface area contributed by atoms with E-state index in [1.54, 1.807) is 6.07 Å². The molecule has 8 aliphatic heterocycles. The first kappa shape index (κ1) is 69.0. The molecule has 9 fully saturated rings. The van der Waals surface area contributed by atoms with Crippen LogP contribution in [-0.4, -0.2) is 184 Å². The molecule has 8 saturated heterocycles. The van der Waals surface area contributed by atoms with Gasteiger partial charge >= 0.3 is 0 Å². The largest absolute Gasteiger partial charge is 0.474 e. The number of carbonyl (C=O) groups is 1. The molecule has 0 spiro atoms. The number of piperidine rings is 4. The first-order valence-electron chi connectivity index (χ1n) is 34.3. The fourth-order valence-corrected chi connectivity index (χ4v) is 17.0. The summed E-state index contributed by atoms with van der Waals surface area (Å²) in [5, 5.41) is 10.2. The van der Waals surface area contributed by atoms with Gasteiger partial charge in [-0.15, -0.1) is 0 Å². The van der Waals surface area contributed by atoms with Gasteiger partial charge in [0.15, 0.2) is 9.84 Å². The van der Waals surface area contributed by atoms with E-state index in [2.05, 4.69) is 143 Å². The third-order valence-electron chi connectivity index (χ3n) is 20.1. The van der Waals surface area contributed by atoms with Crippen LogP contribution < -0.4 is 14.2 Å². The second-order valence-corrected chi connectivity index (χ2v) is 30.1. The molecule has 11 atom stereocenters. The highest BCUT2D eigenvalue weighted by molar-refractivity contribution is 7.92. The summed E-state index contributed by atoms with van der Waals surface area (Å²) < 4.78 is 66.5. The van der Waals surface area contributed by atoms with Gasteiger partial charge in [0.2, 0.25) is 17.6 Å². The molecule has 0 amide bonds. The molecule has 514 valence electrons. The topological polar surface area (TPSA) is 201 Å². The maximum atomic E-state index is 12.5. The summed E-state index contributed by atoms with van der Waals surface area (Å²) in [6.07, 6.45) is 10.8. The number of hydrogen-bond acceptors (Lipinski definition) is 19. The maximum Gasteiger partial charge on any atom is 0.229 e. The molecule has 10 heterocycles. The number of benzene rings is 5. The minimum atomic E-state index is -3.34. The molecule has 1 N–H and O–H groups in total. The summed E-state index contributed by atoms with van der Waals surface area (Å²) in [5.41, 5.74) is 6.77. The van der Waals surface area contributed by atoms with Crippen LogP contribution in [-0.2, 0) is 59.8 Å². The lowest BCUT2D eigenvalue weighted by molar-refractivity contribution is -0.136. The molecule has 22 heteroatoms. The van der Waals surface area contributed by atoms with Crippen LogP contribution >= 0.6 is 23.2 Å². The van der Waals surface area contributed by atoms with E-state index in [0.717, 1.165) is 96.7 Å². The molecule has 1 saturated carbocycles. The fraction of sp³-hybridized carbons (Fsp3) is 0.480. The highest BCUT2D eigenvalue weighted by Gasteiger charge is 2.44. The number of ether oxygens (including phenoxy) is 7. The maximum absolute atomic E-state index is 12.5. The highest BCUT2D eigenvalue weighted by Crippen LogP contribution is 2.40. The van der Waals surface area contributed by atoms with Crippen LogP contribution in [0.4, 0.5) is 0 Å². The summed E-state index contributed by atoms with van der Waals surface area (Å²) in [4.78, 5) is 38.8. The number of Topliss-reactive ketones (excluding diaryl/α,β-unsaturated/α-hetero) is 1. The number of aromatic nitrogens is 4. The van der Waals surface area contributed by atoms with Crippen LogP contribution in [0.25, 0.3) is 0 Å². The second-order valence-electron chi connectivity index (χ2n) is 27.1. The van der Waals surface area contributed by atoms with Gasteiger partial charge in [0.1, 0.15) is 41.5 Å². The molecule has 2 aromatic heterocycles. The molecule has 9 aliphatic rings. The first-order valence-corrected chi connectivity index (χ1v) is 36.6. The van der Waals surface area contributed by atoms with Crippen LogP contribution in [0, 0.1) is 13.8 Å². The van der Waals surface area contributed by atoms with E-state index in [4.69, 9.17) is 56.4 Å². The zero-order chi connectivity index (χ0) is 66.8. The SMILES string of the molecule is Cc1c(Cl)ncnc1OC1CC2COC[C@@H](C1)N2Cc1ccccc1.Cc1c(Oc2ccc(S(=O)(=O)C3CC3)cc2Cl)ncnc1OC1CC2COC[C@@H](C1)N2Cc1ccccc1.O=C1CC2COC[C@@H](C1)N2Cc1ccccc1.OC1CC2COC[C@@H](C1)N2Cc1ccccc1. The molecule has 7 aromatic rings. The molecule has 0 radical (unpaired) electrons. The Morgan fingerprint density at radius 2 is 0.835 bits per heavy atom. The van der Waals surface area contributed by atoms with Crippen molar-refractivity contribution in [1.29, 1.82) is 0 Å². The Balaban J connectivity index is 0.000000124. The lowest BCUT2D eigenvalue weighted by atomic mass is 9.91. The van der Waals surface area contributed by atoms with Crippen LogP contribution in [0.15, 0.2) is 157 Å². The monoisotopic (exact) mass is 1380 g/mol. The zero-order valence-corrected chi connectivity index (χ0v) is 57.5. The minimum absolute atomic E-state index is 0.00197. The highest BCUT2D eigenvalue weighted by atomic mass is 35.5. The van der Waals surface area contributed by atoms with Crippen molar-refractivity contribution in [3.05, 3.63) is 196 Å². The Bertz CT molecular complexity index is 3780. The number of sulfone groups is 1. The Morgan fingerprint density at radius 3 is 1.24 bits per heavy atom. The van der Waals surface area contributed by atoms with E-state index in [-0.39, 0.29) is 57.6 Å². The standard InChI is InChI=1S/C28H30ClN3O5S.C19H22ClN3O2.C14H19NO2.C14H17NO2/c1-18-27(36-22-11-20-15-35-16-21(12-22)32(20)14-19-5-3-2-4-6-19)30-17-31-28(18)37-26-10-9-24(13-25(26)29)38(33,34)23-7-8-23;1-13-18(20)21-12-22-19(13)25-17-7-15-10-24-11-16(8-17)23(15)9-14-5-3-2-4-6-14;2*16-14-6-12-9-17-10-13(7-14)15(12)8-11-4-2-1-3-5-11/h2-6,9-10,13,17,20-23H,7-8,11-12,14-16H2,1H3;2-6,12,15-17H,7-11H2,1H3;1-5,12-14,16H,6-10H2;1-5,12-13H,6-10H2/t20-,21?,22?;15-,16?,17?;12-,13?,14?;12-,13?/m1111/s1. The number of fused-ring (bicyclic) bond motifs is 8. The molecule has 19 nitrogen and oxygen atoms in total. The molecule has 8 bridgehead atoms. The van der Waals surface area contributed by atoms with Crippen molar-refractivity contribution in [2.45, 2.75) is 181 Å². The lowest BCUT2D eigenvalue weighted by Gasteiger charge is -2.48. The van der Waals surface area contributed by atoms with Gasteiger partial charge in [0, 0.05) is 119 Å². The Kier molecular flexibility index (Phi) is 22.9. The molecule has 5 aromatic carbocycles. The van der Waals surface area contributed by atoms with Gasteiger partial charge in [-0.25, -0.2) is 28.4 Å². The van der Waals surface area contributed by atoms with E-state index >= 15 is 0 Å².